The van der Waals surface area contributed by atoms with Gasteiger partial charge in [-0.3, -0.25) is 0 Å². The summed E-state index contributed by atoms with van der Waals surface area (Å²) in [7, 11) is 0. The number of aromatic nitrogens is 1. The number of ether oxygens (including phenoxy) is 1. The van der Waals surface area contributed by atoms with Crippen molar-refractivity contribution < 1.29 is 14.6 Å². The lowest BCUT2D eigenvalue weighted by Gasteiger charge is -2.31. The Labute approximate surface area is 123 Å². The zero-order valence-electron chi connectivity index (χ0n) is 11.8. The number of nitrogens with zero attached hydrogens (tertiary/aromatic N) is 1. The molecule has 1 aliphatic carbocycles. The van der Waals surface area contributed by atoms with E-state index >= 15 is 0 Å². The topological polar surface area (TPSA) is 71.5 Å². The second-order valence-corrected chi connectivity index (χ2v) is 6.32. The molecule has 0 aliphatic heterocycles. The third-order valence-corrected chi connectivity index (χ3v) is 3.30. The molecule has 5 nitrogen and oxygen atoms in total. The van der Waals surface area contributed by atoms with E-state index in [1.807, 2.05) is 0 Å². The Morgan fingerprint density at radius 2 is 2.25 bits per heavy atom. The average Bonchev–Trinajstić information content (AvgIpc) is 2.30. The number of carbonyl (C=O) groups is 1. The summed E-state index contributed by atoms with van der Waals surface area (Å²) in [6.45, 7) is 5.37. The van der Waals surface area contributed by atoms with Crippen LogP contribution in [0.1, 0.15) is 44.4 Å². The van der Waals surface area contributed by atoms with Crippen molar-refractivity contribution >= 4 is 17.7 Å². The summed E-state index contributed by atoms with van der Waals surface area (Å²) in [5.41, 5.74) is 1.21. The van der Waals surface area contributed by atoms with Crippen LogP contribution in [-0.4, -0.2) is 27.9 Å². The van der Waals surface area contributed by atoms with Gasteiger partial charge in [0.05, 0.1) is 12.1 Å². The summed E-state index contributed by atoms with van der Waals surface area (Å²) >= 11 is 5.87. The molecule has 2 rings (SSSR count). The Morgan fingerprint density at radius 1 is 1.55 bits per heavy atom. The SMILES string of the molecule is CC(C)(C)OC(=O)N[C@@H]1c2cnc(Cl)cc2CC[C@@H]1O. The van der Waals surface area contributed by atoms with E-state index in [2.05, 4.69) is 10.3 Å². The van der Waals surface area contributed by atoms with Gasteiger partial charge < -0.3 is 15.2 Å². The van der Waals surface area contributed by atoms with Crippen LogP contribution in [0.3, 0.4) is 0 Å². The van der Waals surface area contributed by atoms with E-state index in [-0.39, 0.29) is 0 Å². The Hall–Kier alpha value is -1.33. The van der Waals surface area contributed by atoms with E-state index in [0.29, 0.717) is 18.0 Å². The highest BCUT2D eigenvalue weighted by molar-refractivity contribution is 6.29. The summed E-state index contributed by atoms with van der Waals surface area (Å²) in [5, 5.41) is 13.2. The van der Waals surface area contributed by atoms with Crippen molar-refractivity contribution in [2.45, 2.75) is 51.4 Å². The standard InChI is InChI=1S/C14H19ClN2O3/c1-14(2,3)20-13(19)17-12-9-7-16-11(15)6-8(9)4-5-10(12)18/h6-7,10,12,18H,4-5H2,1-3H3,(H,17,19)/t10-,12+/m0/s1. The van der Waals surface area contributed by atoms with Gasteiger partial charge in [0, 0.05) is 6.20 Å². The molecule has 0 aromatic carbocycles. The van der Waals surface area contributed by atoms with Crippen LogP contribution in [0.15, 0.2) is 12.3 Å². The van der Waals surface area contributed by atoms with Crippen LogP contribution in [0.25, 0.3) is 0 Å². The molecule has 0 saturated carbocycles. The number of pyridine rings is 1. The van der Waals surface area contributed by atoms with E-state index in [1.54, 1.807) is 33.0 Å². The number of fused-ring (bicyclic) bond motifs is 1. The molecule has 6 heteroatoms. The third-order valence-electron chi connectivity index (χ3n) is 3.09. The number of aliphatic hydroxyl groups is 1. The summed E-state index contributed by atoms with van der Waals surface area (Å²) in [4.78, 5) is 15.9. The predicted octanol–water partition coefficient (Wildman–Crippen LogP) is 2.61. The monoisotopic (exact) mass is 298 g/mol. The number of halogens is 1. The van der Waals surface area contributed by atoms with Crippen LogP contribution in [0.2, 0.25) is 5.15 Å². The molecule has 0 radical (unpaired) electrons. The molecule has 0 bridgehead atoms. The lowest BCUT2D eigenvalue weighted by molar-refractivity contribution is 0.0399. The summed E-state index contributed by atoms with van der Waals surface area (Å²) in [6, 6.07) is 1.25. The fourth-order valence-electron chi connectivity index (χ4n) is 2.26. The lowest BCUT2D eigenvalue weighted by Crippen LogP contribution is -2.41. The number of carbonyl (C=O) groups excluding carboxylic acids is 1. The zero-order chi connectivity index (χ0) is 14.9. The second-order valence-electron chi connectivity index (χ2n) is 5.94. The number of hydrogen-bond donors (Lipinski definition) is 2. The van der Waals surface area contributed by atoms with Crippen molar-refractivity contribution in [1.82, 2.24) is 10.3 Å². The van der Waals surface area contributed by atoms with Gasteiger partial charge in [-0.25, -0.2) is 9.78 Å². The normalized spacial score (nSPS) is 22.1. The molecule has 20 heavy (non-hydrogen) atoms. The minimum Gasteiger partial charge on any atom is -0.444 e. The summed E-state index contributed by atoms with van der Waals surface area (Å²) in [6.07, 6.45) is 1.67. The molecule has 1 aromatic rings. The third kappa shape index (κ3) is 3.61. The first-order valence-electron chi connectivity index (χ1n) is 6.58. The van der Waals surface area contributed by atoms with E-state index < -0.39 is 23.8 Å². The molecule has 0 unspecified atom stereocenters. The minimum absolute atomic E-state index is 0.413. The van der Waals surface area contributed by atoms with E-state index in [0.717, 1.165) is 11.1 Å². The number of aryl methyl sites for hydroxylation is 1. The highest BCUT2D eigenvalue weighted by Gasteiger charge is 2.31. The van der Waals surface area contributed by atoms with Crippen LogP contribution in [0, 0.1) is 0 Å². The highest BCUT2D eigenvalue weighted by Crippen LogP contribution is 2.31. The van der Waals surface area contributed by atoms with Gasteiger partial charge >= 0.3 is 6.09 Å². The largest absolute Gasteiger partial charge is 0.444 e. The van der Waals surface area contributed by atoms with Gasteiger partial charge in [-0.1, -0.05) is 11.6 Å². The Morgan fingerprint density at radius 3 is 2.90 bits per heavy atom. The maximum Gasteiger partial charge on any atom is 0.408 e. The Bertz CT molecular complexity index is 514. The number of nitrogens with one attached hydrogen (secondary N) is 1. The fourth-order valence-corrected chi connectivity index (χ4v) is 2.44. The van der Waals surface area contributed by atoms with Crippen LogP contribution in [0.4, 0.5) is 4.79 Å². The Kier molecular flexibility index (Phi) is 4.20. The predicted molar refractivity (Wildman–Crippen MR) is 75.7 cm³/mol. The Balaban J connectivity index is 2.17. The fraction of sp³-hybridized carbons (Fsp3) is 0.571. The molecule has 2 N–H and O–H groups in total. The van der Waals surface area contributed by atoms with Gasteiger partial charge in [0.25, 0.3) is 0 Å². The summed E-state index contributed by atoms with van der Waals surface area (Å²) in [5.74, 6) is 0. The zero-order valence-corrected chi connectivity index (χ0v) is 12.6. The molecule has 0 saturated heterocycles. The molecule has 0 spiro atoms. The maximum atomic E-state index is 11.9. The van der Waals surface area contributed by atoms with Gasteiger partial charge in [0.2, 0.25) is 0 Å². The molecular weight excluding hydrogens is 280 g/mol. The first kappa shape index (κ1) is 15.1. The van der Waals surface area contributed by atoms with Crippen molar-refractivity contribution in [3.8, 4) is 0 Å². The summed E-state index contributed by atoms with van der Waals surface area (Å²) < 4.78 is 5.22. The van der Waals surface area contributed by atoms with Crippen molar-refractivity contribution in [2.24, 2.45) is 0 Å². The van der Waals surface area contributed by atoms with E-state index in [1.165, 1.54) is 0 Å². The van der Waals surface area contributed by atoms with Gasteiger partial charge in [0.15, 0.2) is 0 Å². The van der Waals surface area contributed by atoms with Crippen LogP contribution < -0.4 is 5.32 Å². The van der Waals surface area contributed by atoms with Crippen molar-refractivity contribution in [2.75, 3.05) is 0 Å². The quantitative estimate of drug-likeness (QED) is 0.782. The maximum absolute atomic E-state index is 11.9. The number of aliphatic hydroxyl groups excluding tert-OH is 1. The number of alkyl carbamates (subject to hydrolysis) is 1. The molecule has 1 amide bonds. The van der Waals surface area contributed by atoms with Gasteiger partial charge in [-0.2, -0.15) is 0 Å². The molecular formula is C14H19ClN2O3. The molecule has 1 aromatic heterocycles. The molecule has 1 heterocycles. The van der Waals surface area contributed by atoms with Gasteiger partial charge in [-0.15, -0.1) is 0 Å². The molecule has 1 aliphatic rings. The molecule has 2 atom stereocenters. The number of rotatable bonds is 1. The smallest absolute Gasteiger partial charge is 0.408 e. The van der Waals surface area contributed by atoms with Crippen LogP contribution >= 0.6 is 11.6 Å². The number of hydrogen-bond acceptors (Lipinski definition) is 4. The minimum atomic E-state index is -0.655. The molecule has 0 fully saturated rings. The van der Waals surface area contributed by atoms with E-state index in [9.17, 15) is 9.90 Å². The van der Waals surface area contributed by atoms with Gasteiger partial charge in [0.1, 0.15) is 10.8 Å². The highest BCUT2D eigenvalue weighted by atomic mass is 35.5. The molecule has 110 valence electrons. The van der Waals surface area contributed by atoms with E-state index in [4.69, 9.17) is 16.3 Å². The van der Waals surface area contributed by atoms with Gasteiger partial charge in [-0.05, 0) is 50.8 Å². The van der Waals surface area contributed by atoms with Crippen molar-refractivity contribution in [1.29, 1.82) is 0 Å². The van der Waals surface area contributed by atoms with Crippen molar-refractivity contribution in [3.63, 3.8) is 0 Å². The first-order chi connectivity index (χ1) is 9.26. The first-order valence-corrected chi connectivity index (χ1v) is 6.96. The lowest BCUT2D eigenvalue weighted by atomic mass is 9.87. The van der Waals surface area contributed by atoms with Crippen molar-refractivity contribution in [3.05, 3.63) is 28.5 Å². The number of amides is 1. The van der Waals surface area contributed by atoms with Crippen LogP contribution in [-0.2, 0) is 11.2 Å². The second kappa shape index (κ2) is 5.58. The average molecular weight is 299 g/mol. The van der Waals surface area contributed by atoms with Crippen LogP contribution in [0.5, 0.6) is 0 Å².